The Hall–Kier alpha value is -4.25. The SMILES string of the molecule is Cc1c(C(=O)N2CCOc3ccc(-c4ccc5nc(C(=O)NC6CCC6)[nH]c5c4)cc3C2)ccc(S(C)(=O)=O)c1F. The number of imidazole rings is 1. The molecule has 2 aliphatic rings. The van der Waals surface area contributed by atoms with E-state index in [4.69, 9.17) is 4.74 Å². The smallest absolute Gasteiger partial charge is 0.287 e. The zero-order valence-electron chi connectivity index (χ0n) is 22.7. The first kappa shape index (κ1) is 26.9. The summed E-state index contributed by atoms with van der Waals surface area (Å²) in [6.45, 7) is 2.18. The molecule has 11 heteroatoms. The second-order valence-corrected chi connectivity index (χ2v) is 12.6. The van der Waals surface area contributed by atoms with Crippen LogP contribution in [0.3, 0.4) is 0 Å². The average molecular weight is 577 g/mol. The van der Waals surface area contributed by atoms with Gasteiger partial charge in [0.15, 0.2) is 15.7 Å². The van der Waals surface area contributed by atoms with Crippen LogP contribution in [0.5, 0.6) is 5.75 Å². The van der Waals surface area contributed by atoms with Gasteiger partial charge in [0.2, 0.25) is 0 Å². The number of sulfone groups is 1. The lowest BCUT2D eigenvalue weighted by molar-refractivity contribution is 0.0731. The van der Waals surface area contributed by atoms with Crippen molar-refractivity contribution >= 4 is 32.7 Å². The second-order valence-electron chi connectivity index (χ2n) is 10.6. The van der Waals surface area contributed by atoms with E-state index in [1.807, 2.05) is 36.4 Å². The maximum absolute atomic E-state index is 14.9. The van der Waals surface area contributed by atoms with Crippen molar-refractivity contribution in [2.24, 2.45) is 0 Å². The summed E-state index contributed by atoms with van der Waals surface area (Å²) in [5.41, 5.74) is 4.09. The van der Waals surface area contributed by atoms with E-state index >= 15 is 0 Å². The summed E-state index contributed by atoms with van der Waals surface area (Å²) in [5.74, 6) is -0.595. The van der Waals surface area contributed by atoms with Crippen LogP contribution in [0.1, 0.15) is 51.4 Å². The standard InChI is InChI=1S/C30H29FN4O5S/c1-17-22(8-11-26(27(17)31)41(2,38)39)30(37)35-12-13-40-25-10-7-18(14-20(25)16-35)19-6-9-23-24(15-19)34-28(33-23)29(36)32-21-4-3-5-21/h6-11,14-15,21H,3-5,12-13,16H2,1-2H3,(H,32,36)(H,33,34). The summed E-state index contributed by atoms with van der Waals surface area (Å²) < 4.78 is 44.6. The number of H-pyrrole nitrogens is 1. The highest BCUT2D eigenvalue weighted by Gasteiger charge is 2.26. The zero-order chi connectivity index (χ0) is 28.9. The van der Waals surface area contributed by atoms with Crippen LogP contribution in [0.15, 0.2) is 53.4 Å². The average Bonchev–Trinajstić information content (AvgIpc) is 3.23. The fraction of sp³-hybridized carbons (Fsp3) is 0.300. The van der Waals surface area contributed by atoms with Crippen LogP contribution in [-0.2, 0) is 16.4 Å². The molecule has 0 atom stereocenters. The van der Waals surface area contributed by atoms with Crippen molar-refractivity contribution < 1.29 is 27.1 Å². The normalized spacial score (nSPS) is 15.5. The number of nitrogens with zero attached hydrogens (tertiary/aromatic N) is 2. The molecule has 4 aromatic rings. The van der Waals surface area contributed by atoms with Crippen LogP contribution in [0, 0.1) is 12.7 Å². The molecular formula is C30H29FN4O5S. The Morgan fingerprint density at radius 3 is 2.59 bits per heavy atom. The number of fused-ring (bicyclic) bond motifs is 2. The van der Waals surface area contributed by atoms with E-state index in [2.05, 4.69) is 15.3 Å². The predicted octanol–water partition coefficient (Wildman–Crippen LogP) is 4.40. The quantitative estimate of drug-likeness (QED) is 0.363. The lowest BCUT2D eigenvalue weighted by Crippen LogP contribution is -2.39. The zero-order valence-corrected chi connectivity index (χ0v) is 23.5. The molecule has 1 saturated carbocycles. The number of aromatic nitrogens is 2. The summed E-state index contributed by atoms with van der Waals surface area (Å²) in [6, 6.07) is 14.2. The van der Waals surface area contributed by atoms with E-state index in [0.717, 1.165) is 53.8 Å². The minimum atomic E-state index is -3.77. The molecule has 6 rings (SSSR count). The lowest BCUT2D eigenvalue weighted by atomic mass is 9.93. The van der Waals surface area contributed by atoms with Crippen molar-refractivity contribution in [2.45, 2.75) is 43.7 Å². The number of rotatable bonds is 5. The molecule has 41 heavy (non-hydrogen) atoms. The van der Waals surface area contributed by atoms with Crippen LogP contribution in [-0.4, -0.2) is 60.5 Å². The van der Waals surface area contributed by atoms with Gasteiger partial charge in [-0.15, -0.1) is 0 Å². The van der Waals surface area contributed by atoms with Gasteiger partial charge in [0.1, 0.15) is 23.1 Å². The Bertz CT molecular complexity index is 1810. The number of aromatic amines is 1. The topological polar surface area (TPSA) is 121 Å². The highest BCUT2D eigenvalue weighted by Crippen LogP contribution is 2.32. The summed E-state index contributed by atoms with van der Waals surface area (Å²) in [4.78, 5) is 34.7. The van der Waals surface area contributed by atoms with Gasteiger partial charge in [-0.1, -0.05) is 12.1 Å². The van der Waals surface area contributed by atoms with Crippen LogP contribution >= 0.6 is 0 Å². The molecule has 0 unspecified atom stereocenters. The third-order valence-corrected chi connectivity index (χ3v) is 8.89. The Labute approximate surface area is 236 Å². The van der Waals surface area contributed by atoms with Crippen LogP contribution in [0.4, 0.5) is 4.39 Å². The van der Waals surface area contributed by atoms with Gasteiger partial charge in [-0.2, -0.15) is 0 Å². The monoisotopic (exact) mass is 576 g/mol. The van der Waals surface area contributed by atoms with Crippen LogP contribution in [0.25, 0.3) is 22.2 Å². The lowest BCUT2D eigenvalue weighted by Gasteiger charge is -2.25. The summed E-state index contributed by atoms with van der Waals surface area (Å²) >= 11 is 0. The van der Waals surface area contributed by atoms with Gasteiger partial charge in [0.05, 0.1) is 17.6 Å². The number of benzene rings is 3. The molecule has 9 nitrogen and oxygen atoms in total. The summed E-state index contributed by atoms with van der Waals surface area (Å²) in [5, 5.41) is 2.99. The first-order valence-electron chi connectivity index (χ1n) is 13.4. The number of amides is 2. The molecule has 2 N–H and O–H groups in total. The minimum absolute atomic E-state index is 0.00865. The predicted molar refractivity (Wildman–Crippen MR) is 151 cm³/mol. The molecule has 2 amide bonds. The second kappa shape index (κ2) is 10.3. The molecular weight excluding hydrogens is 547 g/mol. The molecule has 0 bridgehead atoms. The Morgan fingerprint density at radius 1 is 1.10 bits per heavy atom. The molecule has 0 radical (unpaired) electrons. The number of halogens is 1. The van der Waals surface area contributed by atoms with Crippen LogP contribution in [0.2, 0.25) is 0 Å². The number of carbonyl (C=O) groups excluding carboxylic acids is 2. The van der Waals surface area contributed by atoms with Crippen molar-refractivity contribution in [3.05, 3.63) is 76.9 Å². The van der Waals surface area contributed by atoms with Crippen molar-refractivity contribution in [2.75, 3.05) is 19.4 Å². The maximum atomic E-state index is 14.9. The van der Waals surface area contributed by atoms with Gasteiger partial charge in [0.25, 0.3) is 11.8 Å². The Kier molecular flexibility index (Phi) is 6.77. The number of nitrogens with one attached hydrogen (secondary N) is 2. The highest BCUT2D eigenvalue weighted by molar-refractivity contribution is 7.90. The van der Waals surface area contributed by atoms with Gasteiger partial charge in [-0.05, 0) is 79.3 Å². The molecule has 1 aromatic heterocycles. The van der Waals surface area contributed by atoms with E-state index in [1.54, 1.807) is 4.90 Å². The van der Waals surface area contributed by atoms with Gasteiger partial charge in [-0.3, -0.25) is 9.59 Å². The molecule has 212 valence electrons. The molecule has 3 aromatic carbocycles. The molecule has 0 spiro atoms. The first-order chi connectivity index (χ1) is 19.6. The molecule has 1 aliphatic carbocycles. The van der Waals surface area contributed by atoms with E-state index < -0.39 is 26.5 Å². The molecule has 1 fully saturated rings. The van der Waals surface area contributed by atoms with Crippen molar-refractivity contribution in [3.8, 4) is 16.9 Å². The maximum Gasteiger partial charge on any atom is 0.287 e. The number of hydrogen-bond acceptors (Lipinski definition) is 6. The fourth-order valence-electron chi connectivity index (χ4n) is 5.20. The van der Waals surface area contributed by atoms with Gasteiger partial charge >= 0.3 is 0 Å². The highest BCUT2D eigenvalue weighted by atomic mass is 32.2. The third kappa shape index (κ3) is 5.17. The number of ether oxygens (including phenoxy) is 1. The third-order valence-electron chi connectivity index (χ3n) is 7.78. The minimum Gasteiger partial charge on any atom is -0.491 e. The molecule has 1 aliphatic heterocycles. The summed E-state index contributed by atoms with van der Waals surface area (Å²) in [6.07, 6.45) is 4.05. The van der Waals surface area contributed by atoms with Gasteiger partial charge in [-0.25, -0.2) is 17.8 Å². The van der Waals surface area contributed by atoms with Gasteiger partial charge < -0.3 is 19.9 Å². The largest absolute Gasteiger partial charge is 0.491 e. The summed E-state index contributed by atoms with van der Waals surface area (Å²) in [7, 11) is -3.77. The Morgan fingerprint density at radius 2 is 1.85 bits per heavy atom. The number of hydrogen-bond donors (Lipinski definition) is 2. The molecule has 2 heterocycles. The van der Waals surface area contributed by atoms with E-state index in [0.29, 0.717) is 11.3 Å². The van der Waals surface area contributed by atoms with E-state index in [9.17, 15) is 22.4 Å². The van der Waals surface area contributed by atoms with E-state index in [1.165, 1.54) is 13.0 Å². The fourth-order valence-corrected chi connectivity index (χ4v) is 5.99. The van der Waals surface area contributed by atoms with Crippen molar-refractivity contribution in [1.29, 1.82) is 0 Å². The first-order valence-corrected chi connectivity index (χ1v) is 15.3. The number of carbonyl (C=O) groups is 2. The van der Waals surface area contributed by atoms with Crippen molar-refractivity contribution in [1.82, 2.24) is 20.2 Å². The van der Waals surface area contributed by atoms with E-state index in [-0.39, 0.29) is 48.6 Å². The van der Waals surface area contributed by atoms with Gasteiger partial charge in [0, 0.05) is 30.0 Å². The van der Waals surface area contributed by atoms with Crippen LogP contribution < -0.4 is 10.1 Å². The Balaban J connectivity index is 1.26. The van der Waals surface area contributed by atoms with Crippen molar-refractivity contribution in [3.63, 3.8) is 0 Å². The molecule has 0 saturated heterocycles.